The molecule has 2 aromatic rings. The van der Waals surface area contributed by atoms with E-state index in [0.717, 1.165) is 10.0 Å². The van der Waals surface area contributed by atoms with Crippen LogP contribution in [0.1, 0.15) is 15.9 Å². The van der Waals surface area contributed by atoms with Gasteiger partial charge in [0.1, 0.15) is 5.82 Å². The zero-order valence-corrected chi connectivity index (χ0v) is 12.9. The van der Waals surface area contributed by atoms with Gasteiger partial charge in [0.2, 0.25) is 0 Å². The topological polar surface area (TPSA) is 58.2 Å². The molecule has 0 spiro atoms. The molecule has 0 aliphatic rings. The zero-order chi connectivity index (χ0) is 15.9. The Kier molecular flexibility index (Phi) is 5.43. The Bertz CT molecular complexity index is 714. The highest BCUT2D eigenvalue weighted by Crippen LogP contribution is 2.16. The van der Waals surface area contributed by atoms with Gasteiger partial charge in [0.05, 0.1) is 0 Å². The molecule has 0 heterocycles. The van der Waals surface area contributed by atoms with E-state index in [0.29, 0.717) is 0 Å². The smallest absolute Gasteiger partial charge is 0.268 e. The average Bonchev–Trinajstić information content (AvgIpc) is 2.52. The molecule has 0 atom stereocenters. The van der Waals surface area contributed by atoms with Crippen LogP contribution in [0, 0.1) is 5.82 Å². The van der Waals surface area contributed by atoms with Crippen molar-refractivity contribution >= 4 is 33.8 Å². The van der Waals surface area contributed by atoms with Gasteiger partial charge in [0, 0.05) is 16.1 Å². The molecule has 2 N–H and O–H groups in total. The molecule has 0 saturated carbocycles. The fourth-order valence-corrected chi connectivity index (χ4v) is 2.03. The van der Waals surface area contributed by atoms with Gasteiger partial charge in [-0.3, -0.25) is 20.4 Å². The fraction of sp³-hybridized carbons (Fsp3) is 0. The lowest BCUT2D eigenvalue weighted by atomic mass is 10.2. The second-order valence-corrected chi connectivity index (χ2v) is 5.16. The van der Waals surface area contributed by atoms with Crippen LogP contribution in [-0.4, -0.2) is 11.8 Å². The van der Waals surface area contributed by atoms with Crippen molar-refractivity contribution in [3.05, 3.63) is 76.0 Å². The van der Waals surface area contributed by atoms with Crippen molar-refractivity contribution in [3.63, 3.8) is 0 Å². The number of amides is 2. The first-order chi connectivity index (χ1) is 10.6. The van der Waals surface area contributed by atoms with E-state index >= 15 is 0 Å². The lowest BCUT2D eigenvalue weighted by molar-refractivity contribution is -0.117. The van der Waals surface area contributed by atoms with E-state index in [-0.39, 0.29) is 5.56 Å². The summed E-state index contributed by atoms with van der Waals surface area (Å²) in [6.07, 6.45) is 2.91. The van der Waals surface area contributed by atoms with Crippen LogP contribution in [0.4, 0.5) is 4.39 Å². The summed E-state index contributed by atoms with van der Waals surface area (Å²) < 4.78 is 13.6. The molecule has 2 rings (SSSR count). The first kappa shape index (κ1) is 15.9. The molecule has 0 radical (unpaired) electrons. The molecule has 0 saturated heterocycles. The Morgan fingerprint density at radius 2 is 1.68 bits per heavy atom. The van der Waals surface area contributed by atoms with Crippen LogP contribution in [0.2, 0.25) is 0 Å². The third-order valence-corrected chi connectivity index (χ3v) is 3.45. The first-order valence-corrected chi connectivity index (χ1v) is 7.14. The third-order valence-electron chi connectivity index (χ3n) is 2.73. The van der Waals surface area contributed by atoms with Gasteiger partial charge in [-0.1, -0.05) is 34.1 Å². The van der Waals surface area contributed by atoms with Gasteiger partial charge in [-0.15, -0.1) is 0 Å². The van der Waals surface area contributed by atoms with E-state index in [1.807, 2.05) is 24.3 Å². The second-order valence-electron chi connectivity index (χ2n) is 4.31. The second kappa shape index (κ2) is 7.51. The number of nitrogens with one attached hydrogen (secondary N) is 2. The van der Waals surface area contributed by atoms with Crippen LogP contribution in [0.3, 0.4) is 0 Å². The number of rotatable bonds is 3. The molecular weight excluding hydrogens is 351 g/mol. The van der Waals surface area contributed by atoms with Gasteiger partial charge in [-0.25, -0.2) is 4.39 Å². The van der Waals surface area contributed by atoms with E-state index in [1.165, 1.54) is 30.3 Å². The Labute approximate surface area is 135 Å². The number of carbonyl (C=O) groups is 2. The number of benzene rings is 2. The largest absolute Gasteiger partial charge is 0.269 e. The first-order valence-electron chi connectivity index (χ1n) is 6.35. The van der Waals surface area contributed by atoms with E-state index in [1.54, 1.807) is 6.08 Å². The molecule has 2 amide bonds. The van der Waals surface area contributed by atoms with Crippen molar-refractivity contribution in [2.24, 2.45) is 0 Å². The van der Waals surface area contributed by atoms with Crippen molar-refractivity contribution in [1.82, 2.24) is 10.9 Å². The van der Waals surface area contributed by atoms with Crippen LogP contribution in [0.15, 0.2) is 59.1 Å². The monoisotopic (exact) mass is 362 g/mol. The van der Waals surface area contributed by atoms with Gasteiger partial charge < -0.3 is 0 Å². The van der Waals surface area contributed by atoms with E-state index < -0.39 is 17.6 Å². The summed E-state index contributed by atoms with van der Waals surface area (Å²) in [7, 11) is 0. The lowest BCUT2D eigenvalue weighted by Gasteiger charge is -2.05. The number of hydrogen-bond donors (Lipinski definition) is 2. The lowest BCUT2D eigenvalue weighted by Crippen LogP contribution is -2.40. The molecule has 0 fully saturated rings. The maximum Gasteiger partial charge on any atom is 0.269 e. The molecular formula is C16H12BrFN2O2. The van der Waals surface area contributed by atoms with Crippen molar-refractivity contribution in [3.8, 4) is 0 Å². The van der Waals surface area contributed by atoms with Crippen molar-refractivity contribution in [2.75, 3.05) is 0 Å². The van der Waals surface area contributed by atoms with E-state index in [4.69, 9.17) is 0 Å². The molecule has 0 aliphatic heterocycles. The maximum atomic E-state index is 12.7. The predicted molar refractivity (Wildman–Crippen MR) is 85.2 cm³/mol. The van der Waals surface area contributed by atoms with Gasteiger partial charge >= 0.3 is 0 Å². The zero-order valence-electron chi connectivity index (χ0n) is 11.3. The minimum atomic E-state index is -0.525. The fourth-order valence-electron chi connectivity index (χ4n) is 1.61. The Morgan fingerprint density at radius 3 is 2.36 bits per heavy atom. The average molecular weight is 363 g/mol. The minimum absolute atomic E-state index is 0.247. The summed E-state index contributed by atoms with van der Waals surface area (Å²) in [4.78, 5) is 23.3. The molecule has 112 valence electrons. The quantitative estimate of drug-likeness (QED) is 0.651. The Morgan fingerprint density at radius 1 is 1.00 bits per heavy atom. The van der Waals surface area contributed by atoms with Crippen molar-refractivity contribution in [2.45, 2.75) is 0 Å². The molecule has 0 bridgehead atoms. The van der Waals surface area contributed by atoms with Gasteiger partial charge in [-0.2, -0.15) is 0 Å². The third kappa shape index (κ3) is 4.53. The molecule has 6 heteroatoms. The highest BCUT2D eigenvalue weighted by molar-refractivity contribution is 9.10. The SMILES string of the molecule is O=C(/C=C/c1ccccc1Br)NNC(=O)c1ccc(F)cc1. The number of hydrazine groups is 1. The summed E-state index contributed by atoms with van der Waals surface area (Å²) in [5.74, 6) is -1.44. The van der Waals surface area contributed by atoms with Crippen LogP contribution >= 0.6 is 15.9 Å². The molecule has 0 aromatic heterocycles. The van der Waals surface area contributed by atoms with Crippen LogP contribution in [0.5, 0.6) is 0 Å². The summed E-state index contributed by atoms with van der Waals surface area (Å²) in [6.45, 7) is 0. The molecule has 22 heavy (non-hydrogen) atoms. The molecule has 0 unspecified atom stereocenters. The highest BCUT2D eigenvalue weighted by atomic mass is 79.9. The highest BCUT2D eigenvalue weighted by Gasteiger charge is 2.05. The van der Waals surface area contributed by atoms with Crippen LogP contribution < -0.4 is 10.9 Å². The number of hydrogen-bond acceptors (Lipinski definition) is 2. The van der Waals surface area contributed by atoms with Gasteiger partial charge in [0.15, 0.2) is 0 Å². The minimum Gasteiger partial charge on any atom is -0.268 e. The molecule has 2 aromatic carbocycles. The van der Waals surface area contributed by atoms with Gasteiger partial charge in [0.25, 0.3) is 11.8 Å². The number of carbonyl (C=O) groups excluding carboxylic acids is 2. The van der Waals surface area contributed by atoms with Crippen molar-refractivity contribution in [1.29, 1.82) is 0 Å². The molecule has 4 nitrogen and oxygen atoms in total. The Balaban J connectivity index is 1.89. The number of halogens is 2. The summed E-state index contributed by atoms with van der Waals surface area (Å²) in [5, 5.41) is 0. The maximum absolute atomic E-state index is 12.7. The van der Waals surface area contributed by atoms with Gasteiger partial charge in [-0.05, 0) is 42.0 Å². The summed E-state index contributed by atoms with van der Waals surface area (Å²) in [5.41, 5.74) is 5.58. The standard InChI is InChI=1S/C16H12BrFN2O2/c17-14-4-2-1-3-11(14)7-10-15(21)19-20-16(22)12-5-8-13(18)9-6-12/h1-10H,(H,19,21)(H,20,22)/b10-7+. The summed E-state index contributed by atoms with van der Waals surface area (Å²) in [6, 6.07) is 12.4. The summed E-state index contributed by atoms with van der Waals surface area (Å²) >= 11 is 3.36. The van der Waals surface area contributed by atoms with Crippen LogP contribution in [-0.2, 0) is 4.79 Å². The molecule has 0 aliphatic carbocycles. The normalized spacial score (nSPS) is 10.5. The van der Waals surface area contributed by atoms with Crippen molar-refractivity contribution < 1.29 is 14.0 Å². The van der Waals surface area contributed by atoms with E-state index in [2.05, 4.69) is 26.8 Å². The Hall–Kier alpha value is -2.47. The predicted octanol–water partition coefficient (Wildman–Crippen LogP) is 3.06. The van der Waals surface area contributed by atoms with E-state index in [9.17, 15) is 14.0 Å². The van der Waals surface area contributed by atoms with Crippen LogP contribution in [0.25, 0.3) is 6.08 Å².